The van der Waals surface area contributed by atoms with Crippen molar-refractivity contribution < 1.29 is 14.4 Å². The molecule has 0 amide bonds. The average molecular weight is 347 g/mol. The molecule has 1 heterocycles. The fourth-order valence-corrected chi connectivity index (χ4v) is 2.97. The Bertz CT molecular complexity index is 849. The van der Waals surface area contributed by atoms with Crippen LogP contribution in [0.4, 0.5) is 5.69 Å². The van der Waals surface area contributed by atoms with Gasteiger partial charge in [0, 0.05) is 23.2 Å². The molecule has 6 nitrogen and oxygen atoms in total. The molecular weight excluding hydrogens is 332 g/mol. The first kappa shape index (κ1) is 16.3. The Labute approximate surface area is 143 Å². The van der Waals surface area contributed by atoms with Gasteiger partial charge in [-0.1, -0.05) is 11.6 Å². The Morgan fingerprint density at radius 2 is 1.83 bits per heavy atom. The van der Waals surface area contributed by atoms with E-state index in [1.54, 1.807) is 26.4 Å². The minimum atomic E-state index is -0.446. The van der Waals surface area contributed by atoms with Gasteiger partial charge in [0.2, 0.25) is 0 Å². The third kappa shape index (κ3) is 2.80. The third-order valence-electron chi connectivity index (χ3n) is 3.93. The second-order valence-corrected chi connectivity index (χ2v) is 5.70. The molecule has 2 aromatic rings. The summed E-state index contributed by atoms with van der Waals surface area (Å²) in [7, 11) is 3.13. The molecular formula is C17H15ClN2O4. The lowest BCUT2D eigenvalue weighted by Gasteiger charge is -2.20. The van der Waals surface area contributed by atoms with Crippen LogP contribution in [0.3, 0.4) is 0 Å². The number of hydrogen-bond donors (Lipinski definition) is 0. The van der Waals surface area contributed by atoms with Crippen LogP contribution < -0.4 is 9.47 Å². The predicted octanol–water partition coefficient (Wildman–Crippen LogP) is 3.66. The van der Waals surface area contributed by atoms with Gasteiger partial charge in [-0.2, -0.15) is 0 Å². The van der Waals surface area contributed by atoms with Crippen LogP contribution in [-0.2, 0) is 6.42 Å². The summed E-state index contributed by atoms with van der Waals surface area (Å²) in [6.07, 6.45) is 0.737. The molecule has 0 N–H and O–H groups in total. The Kier molecular flexibility index (Phi) is 4.40. The van der Waals surface area contributed by atoms with Crippen molar-refractivity contribution in [3.8, 4) is 11.5 Å². The van der Waals surface area contributed by atoms with E-state index >= 15 is 0 Å². The first-order valence-electron chi connectivity index (χ1n) is 7.29. The summed E-state index contributed by atoms with van der Waals surface area (Å²) in [5.74, 6) is 1.19. The zero-order valence-electron chi connectivity index (χ0n) is 13.2. The van der Waals surface area contributed by atoms with E-state index in [0.717, 1.165) is 17.5 Å². The van der Waals surface area contributed by atoms with Crippen LogP contribution in [0, 0.1) is 10.1 Å². The van der Waals surface area contributed by atoms with Crippen LogP contribution in [0.1, 0.15) is 16.7 Å². The lowest BCUT2D eigenvalue weighted by molar-refractivity contribution is -0.385. The number of halogens is 1. The number of nitrogens with zero attached hydrogens (tertiary/aromatic N) is 2. The van der Waals surface area contributed by atoms with Gasteiger partial charge in [-0.15, -0.1) is 0 Å². The molecule has 24 heavy (non-hydrogen) atoms. The number of nitro groups is 1. The molecule has 2 aromatic carbocycles. The van der Waals surface area contributed by atoms with E-state index in [-0.39, 0.29) is 5.69 Å². The van der Waals surface area contributed by atoms with Crippen LogP contribution in [0.15, 0.2) is 35.3 Å². The maximum Gasteiger partial charge on any atom is 0.280 e. The lowest BCUT2D eigenvalue weighted by Crippen LogP contribution is -2.16. The number of rotatable bonds is 4. The van der Waals surface area contributed by atoms with Gasteiger partial charge < -0.3 is 9.47 Å². The Morgan fingerprint density at radius 3 is 2.50 bits per heavy atom. The minimum absolute atomic E-state index is 0.0658. The van der Waals surface area contributed by atoms with E-state index in [9.17, 15) is 10.1 Å². The van der Waals surface area contributed by atoms with Gasteiger partial charge >= 0.3 is 0 Å². The van der Waals surface area contributed by atoms with Gasteiger partial charge in [-0.3, -0.25) is 15.1 Å². The molecule has 1 aliphatic rings. The first-order valence-corrected chi connectivity index (χ1v) is 7.67. The van der Waals surface area contributed by atoms with Crippen molar-refractivity contribution in [3.63, 3.8) is 0 Å². The maximum atomic E-state index is 11.4. The molecule has 0 unspecified atom stereocenters. The highest BCUT2D eigenvalue weighted by Crippen LogP contribution is 2.35. The normalized spacial score (nSPS) is 13.0. The smallest absolute Gasteiger partial charge is 0.280 e. The molecule has 0 saturated heterocycles. The molecule has 0 fully saturated rings. The molecule has 0 aromatic heterocycles. The van der Waals surface area contributed by atoms with Crippen LogP contribution in [0.5, 0.6) is 11.5 Å². The van der Waals surface area contributed by atoms with Crippen molar-refractivity contribution in [1.29, 1.82) is 0 Å². The van der Waals surface area contributed by atoms with Gasteiger partial charge in [0.05, 0.1) is 30.4 Å². The topological polar surface area (TPSA) is 74.0 Å². The van der Waals surface area contributed by atoms with Gasteiger partial charge in [0.1, 0.15) is 0 Å². The first-order chi connectivity index (χ1) is 11.5. The molecule has 0 saturated carbocycles. The number of aliphatic imine (C=N–C) groups is 1. The number of hydrogen-bond acceptors (Lipinski definition) is 5. The lowest BCUT2D eigenvalue weighted by atomic mass is 9.92. The quantitative estimate of drug-likeness (QED) is 0.625. The average Bonchev–Trinajstić information content (AvgIpc) is 2.59. The van der Waals surface area contributed by atoms with E-state index in [4.69, 9.17) is 21.1 Å². The number of nitro benzene ring substituents is 1. The fraction of sp³-hybridized carbons (Fsp3) is 0.235. The van der Waals surface area contributed by atoms with Gasteiger partial charge in [-0.05, 0) is 36.2 Å². The van der Waals surface area contributed by atoms with Crippen molar-refractivity contribution in [2.75, 3.05) is 20.8 Å². The van der Waals surface area contributed by atoms with Gasteiger partial charge in [0.15, 0.2) is 11.5 Å². The third-order valence-corrected chi connectivity index (χ3v) is 4.16. The molecule has 0 radical (unpaired) electrons. The van der Waals surface area contributed by atoms with Crippen LogP contribution in [-0.4, -0.2) is 31.4 Å². The van der Waals surface area contributed by atoms with Crippen molar-refractivity contribution >= 4 is 23.0 Å². The molecule has 124 valence electrons. The van der Waals surface area contributed by atoms with E-state index in [0.29, 0.717) is 34.3 Å². The Morgan fingerprint density at radius 1 is 1.12 bits per heavy atom. The SMILES string of the molecule is COc1cc2c(cc1OC)C(c1ccc(Cl)cc1[N+](=O)[O-])=NCC2. The summed E-state index contributed by atoms with van der Waals surface area (Å²) in [5.41, 5.74) is 2.77. The summed E-state index contributed by atoms with van der Waals surface area (Å²) in [6, 6.07) is 8.30. The van der Waals surface area contributed by atoms with E-state index in [2.05, 4.69) is 4.99 Å². The molecule has 7 heteroatoms. The summed E-state index contributed by atoms with van der Waals surface area (Å²) >= 11 is 5.91. The van der Waals surface area contributed by atoms with Gasteiger partial charge in [0.25, 0.3) is 5.69 Å². The summed E-state index contributed by atoms with van der Waals surface area (Å²) in [5, 5.41) is 11.7. The Balaban J connectivity index is 2.19. The maximum absolute atomic E-state index is 11.4. The zero-order valence-corrected chi connectivity index (χ0v) is 14.0. The summed E-state index contributed by atoms with van der Waals surface area (Å²) in [4.78, 5) is 15.5. The van der Waals surface area contributed by atoms with Crippen LogP contribution >= 0.6 is 11.6 Å². The van der Waals surface area contributed by atoms with Gasteiger partial charge in [-0.25, -0.2) is 0 Å². The highest BCUT2D eigenvalue weighted by molar-refractivity contribution is 6.31. The van der Waals surface area contributed by atoms with Crippen molar-refractivity contribution in [1.82, 2.24) is 0 Å². The van der Waals surface area contributed by atoms with Crippen molar-refractivity contribution in [2.45, 2.75) is 6.42 Å². The second-order valence-electron chi connectivity index (χ2n) is 5.26. The van der Waals surface area contributed by atoms with Crippen molar-refractivity contribution in [3.05, 3.63) is 62.2 Å². The van der Waals surface area contributed by atoms with Crippen molar-refractivity contribution in [2.24, 2.45) is 4.99 Å². The number of methoxy groups -OCH3 is 2. The Hall–Kier alpha value is -2.60. The fourth-order valence-electron chi connectivity index (χ4n) is 2.81. The number of ether oxygens (including phenoxy) is 2. The highest BCUT2D eigenvalue weighted by atomic mass is 35.5. The molecule has 0 aliphatic carbocycles. The largest absolute Gasteiger partial charge is 0.493 e. The molecule has 0 atom stereocenters. The van der Waals surface area contributed by atoms with E-state index in [1.807, 2.05) is 12.1 Å². The highest BCUT2D eigenvalue weighted by Gasteiger charge is 2.25. The minimum Gasteiger partial charge on any atom is -0.493 e. The summed E-state index contributed by atoms with van der Waals surface area (Å²) in [6.45, 7) is 0.553. The van der Waals surface area contributed by atoms with Crippen LogP contribution in [0.2, 0.25) is 5.02 Å². The van der Waals surface area contributed by atoms with E-state index < -0.39 is 4.92 Å². The number of fused-ring (bicyclic) bond motifs is 1. The molecule has 0 bridgehead atoms. The monoisotopic (exact) mass is 346 g/mol. The molecule has 1 aliphatic heterocycles. The molecule has 0 spiro atoms. The number of benzene rings is 2. The van der Waals surface area contributed by atoms with E-state index in [1.165, 1.54) is 6.07 Å². The summed E-state index contributed by atoms with van der Waals surface area (Å²) < 4.78 is 10.7. The van der Waals surface area contributed by atoms with Crippen LogP contribution in [0.25, 0.3) is 0 Å². The standard InChI is InChI=1S/C17H15ClN2O4/c1-23-15-7-10-5-6-19-17(13(10)9-16(15)24-2)12-4-3-11(18)8-14(12)20(21)22/h3-4,7-9H,5-6H2,1-2H3. The molecule has 3 rings (SSSR count). The predicted molar refractivity (Wildman–Crippen MR) is 91.9 cm³/mol. The zero-order chi connectivity index (χ0) is 17.3. The second kappa shape index (κ2) is 6.49.